The van der Waals surface area contributed by atoms with Crippen molar-refractivity contribution in [1.82, 2.24) is 0 Å². The molecule has 0 spiro atoms. The fraction of sp³-hybridized carbons (Fsp3) is 1.00. The lowest BCUT2D eigenvalue weighted by atomic mass is 10.2. The Bertz CT molecular complexity index is 92.4. The van der Waals surface area contributed by atoms with Gasteiger partial charge in [0.2, 0.25) is 5.85 Å². The molecule has 1 aliphatic heterocycles. The Balaban J connectivity index is 2.54. The zero-order chi connectivity index (χ0) is 6.20. The van der Waals surface area contributed by atoms with Gasteiger partial charge in [-0.2, -0.15) is 0 Å². The molecule has 1 aliphatic rings. The lowest BCUT2D eigenvalue weighted by molar-refractivity contribution is -0.0956. The smallest absolute Gasteiger partial charge is 0.234 e. The van der Waals surface area contributed by atoms with E-state index in [0.717, 1.165) is 0 Å². The summed E-state index contributed by atoms with van der Waals surface area (Å²) < 4.78 is 22.0. The minimum Gasteiger partial charge on any atom is -0.346 e. The van der Waals surface area contributed by atoms with Gasteiger partial charge in [0.15, 0.2) is 6.79 Å². The molecule has 2 nitrogen and oxygen atoms in total. The molecule has 0 N–H and O–H groups in total. The van der Waals surface area contributed by atoms with Crippen LogP contribution in [0.3, 0.4) is 0 Å². The van der Waals surface area contributed by atoms with Gasteiger partial charge in [0.05, 0.1) is 0 Å². The van der Waals surface area contributed by atoms with Crippen molar-refractivity contribution in [2.75, 3.05) is 6.79 Å². The highest BCUT2D eigenvalue weighted by atomic mass is 19.2. The van der Waals surface area contributed by atoms with Crippen LogP contribution in [-0.2, 0) is 9.47 Å². The van der Waals surface area contributed by atoms with E-state index in [1.54, 1.807) is 6.92 Å². The van der Waals surface area contributed by atoms with E-state index in [0.29, 0.717) is 0 Å². The maximum atomic E-state index is 12.7. The first kappa shape index (κ1) is 5.98. The topological polar surface area (TPSA) is 18.5 Å². The Morgan fingerprint density at radius 2 is 2.38 bits per heavy atom. The van der Waals surface area contributed by atoms with Crippen LogP contribution >= 0.6 is 0 Å². The minimum atomic E-state index is -1.57. The number of hydrogen-bond donors (Lipinski definition) is 0. The number of ether oxygens (including phenoxy) is 2. The third kappa shape index (κ3) is 0.833. The summed E-state index contributed by atoms with van der Waals surface area (Å²) in [6.07, 6.45) is -0.428. The number of rotatable bonds is 0. The Morgan fingerprint density at radius 1 is 1.75 bits per heavy atom. The van der Waals surface area contributed by atoms with Crippen molar-refractivity contribution in [2.24, 2.45) is 0 Å². The summed E-state index contributed by atoms with van der Waals surface area (Å²) in [5.41, 5.74) is 0. The van der Waals surface area contributed by atoms with Gasteiger partial charge in [-0.15, -0.1) is 0 Å². The van der Waals surface area contributed by atoms with Crippen LogP contribution < -0.4 is 0 Å². The summed E-state index contributed by atoms with van der Waals surface area (Å²) in [7, 11) is 0. The minimum absolute atomic E-state index is 0.0775. The van der Waals surface area contributed by atoms with E-state index >= 15 is 0 Å². The molecule has 0 aromatic carbocycles. The second-order valence-corrected chi connectivity index (χ2v) is 2.06. The Labute approximate surface area is 47.6 Å². The summed E-state index contributed by atoms with van der Waals surface area (Å²) >= 11 is 0. The van der Waals surface area contributed by atoms with Gasteiger partial charge in [0.1, 0.15) is 6.10 Å². The fourth-order valence-corrected chi connectivity index (χ4v) is 0.518. The molecule has 0 saturated carbocycles. The first-order valence-corrected chi connectivity index (χ1v) is 2.57. The fourth-order valence-electron chi connectivity index (χ4n) is 0.518. The summed E-state index contributed by atoms with van der Waals surface area (Å²) in [4.78, 5) is 0. The van der Waals surface area contributed by atoms with Crippen molar-refractivity contribution < 1.29 is 13.9 Å². The predicted octanol–water partition coefficient (Wildman–Crippen LogP) is 1.06. The molecule has 2 unspecified atom stereocenters. The first-order valence-electron chi connectivity index (χ1n) is 2.57. The van der Waals surface area contributed by atoms with Gasteiger partial charge in [-0.05, 0) is 13.8 Å². The summed E-state index contributed by atoms with van der Waals surface area (Å²) in [6.45, 7) is 3.09. The zero-order valence-corrected chi connectivity index (χ0v) is 4.98. The normalized spacial score (nSPS) is 47.6. The molecule has 0 aromatic heterocycles. The van der Waals surface area contributed by atoms with Crippen molar-refractivity contribution in [2.45, 2.75) is 25.8 Å². The Hall–Kier alpha value is -0.150. The third-order valence-corrected chi connectivity index (χ3v) is 1.39. The van der Waals surface area contributed by atoms with E-state index in [2.05, 4.69) is 4.74 Å². The monoisotopic (exact) mass is 120 g/mol. The highest BCUT2D eigenvalue weighted by Gasteiger charge is 2.38. The molecule has 1 saturated heterocycles. The molecule has 3 heteroatoms. The van der Waals surface area contributed by atoms with Crippen LogP contribution in [0.2, 0.25) is 0 Å². The van der Waals surface area contributed by atoms with Crippen molar-refractivity contribution in [3.8, 4) is 0 Å². The first-order chi connectivity index (χ1) is 3.63. The van der Waals surface area contributed by atoms with Crippen LogP contribution in [-0.4, -0.2) is 18.8 Å². The third-order valence-electron chi connectivity index (χ3n) is 1.39. The molecule has 1 rings (SSSR count). The SMILES string of the molecule is CC1OCOC1(C)F. The predicted molar refractivity (Wildman–Crippen MR) is 26.0 cm³/mol. The molecule has 8 heavy (non-hydrogen) atoms. The standard InChI is InChI=1S/C5H9FO2/c1-4-5(2,6)8-3-7-4/h4H,3H2,1-2H3. The number of hydrogen-bond acceptors (Lipinski definition) is 2. The van der Waals surface area contributed by atoms with Gasteiger partial charge in [-0.1, -0.05) is 0 Å². The lowest BCUT2D eigenvalue weighted by Crippen LogP contribution is -2.28. The second-order valence-electron chi connectivity index (χ2n) is 2.06. The number of halogens is 1. The van der Waals surface area contributed by atoms with E-state index in [9.17, 15) is 4.39 Å². The van der Waals surface area contributed by atoms with Crippen LogP contribution in [0.5, 0.6) is 0 Å². The highest BCUT2D eigenvalue weighted by molar-refractivity contribution is 4.72. The van der Waals surface area contributed by atoms with E-state index in [-0.39, 0.29) is 6.79 Å². The highest BCUT2D eigenvalue weighted by Crippen LogP contribution is 2.25. The average molecular weight is 120 g/mol. The van der Waals surface area contributed by atoms with Crippen molar-refractivity contribution in [1.29, 1.82) is 0 Å². The molecule has 48 valence electrons. The molecule has 1 heterocycles. The van der Waals surface area contributed by atoms with Gasteiger partial charge < -0.3 is 9.47 Å². The maximum Gasteiger partial charge on any atom is 0.234 e. The van der Waals surface area contributed by atoms with Crippen molar-refractivity contribution in [3.05, 3.63) is 0 Å². The van der Waals surface area contributed by atoms with Crippen molar-refractivity contribution in [3.63, 3.8) is 0 Å². The van der Waals surface area contributed by atoms with E-state index in [1.165, 1.54) is 6.92 Å². The summed E-state index contributed by atoms with van der Waals surface area (Å²) in [6, 6.07) is 0. The molecule has 0 aliphatic carbocycles. The lowest BCUT2D eigenvalue weighted by Gasteiger charge is -2.13. The molecular weight excluding hydrogens is 111 g/mol. The van der Waals surface area contributed by atoms with Gasteiger partial charge in [0, 0.05) is 0 Å². The van der Waals surface area contributed by atoms with E-state index in [1.807, 2.05) is 0 Å². The van der Waals surface area contributed by atoms with Gasteiger partial charge in [-0.3, -0.25) is 0 Å². The molecule has 1 fully saturated rings. The molecule has 0 amide bonds. The largest absolute Gasteiger partial charge is 0.346 e. The molecule has 0 radical (unpaired) electrons. The Morgan fingerprint density at radius 3 is 2.50 bits per heavy atom. The molecule has 2 atom stereocenters. The summed E-state index contributed by atoms with van der Waals surface area (Å²) in [5.74, 6) is -1.57. The van der Waals surface area contributed by atoms with Crippen LogP contribution in [0.1, 0.15) is 13.8 Å². The Kier molecular flexibility index (Phi) is 1.25. The van der Waals surface area contributed by atoms with E-state index in [4.69, 9.17) is 4.74 Å². The zero-order valence-electron chi connectivity index (χ0n) is 4.98. The van der Waals surface area contributed by atoms with Gasteiger partial charge in [0.25, 0.3) is 0 Å². The molecule has 0 bridgehead atoms. The van der Waals surface area contributed by atoms with Crippen LogP contribution in [0.15, 0.2) is 0 Å². The van der Waals surface area contributed by atoms with E-state index < -0.39 is 12.0 Å². The van der Waals surface area contributed by atoms with Gasteiger partial charge in [-0.25, -0.2) is 4.39 Å². The maximum absolute atomic E-state index is 12.7. The molecule has 0 aromatic rings. The van der Waals surface area contributed by atoms with Crippen LogP contribution in [0, 0.1) is 0 Å². The number of alkyl halides is 1. The average Bonchev–Trinajstić information content (AvgIpc) is 1.86. The van der Waals surface area contributed by atoms with Crippen LogP contribution in [0.25, 0.3) is 0 Å². The van der Waals surface area contributed by atoms with Gasteiger partial charge >= 0.3 is 0 Å². The second kappa shape index (κ2) is 1.67. The van der Waals surface area contributed by atoms with Crippen LogP contribution in [0.4, 0.5) is 4.39 Å². The quantitative estimate of drug-likeness (QED) is 0.476. The summed E-state index contributed by atoms with van der Waals surface area (Å²) in [5, 5.41) is 0. The molecular formula is C5H9FO2. The van der Waals surface area contributed by atoms with Crippen molar-refractivity contribution >= 4 is 0 Å².